The number of benzene rings is 2. The molecule has 2 aromatic carbocycles. The van der Waals surface area contributed by atoms with Gasteiger partial charge in [-0.1, -0.05) is 35.9 Å². The van der Waals surface area contributed by atoms with E-state index in [9.17, 15) is 4.79 Å². The number of rotatable bonds is 6. The fourth-order valence-electron chi connectivity index (χ4n) is 3.51. The van der Waals surface area contributed by atoms with Gasteiger partial charge in [0.2, 0.25) is 5.91 Å². The maximum atomic E-state index is 12.7. The van der Waals surface area contributed by atoms with Crippen LogP contribution in [0.5, 0.6) is 5.75 Å². The van der Waals surface area contributed by atoms with E-state index >= 15 is 0 Å². The van der Waals surface area contributed by atoms with Crippen molar-refractivity contribution in [1.29, 1.82) is 0 Å². The monoisotopic (exact) mass is 372 g/mol. The van der Waals surface area contributed by atoms with Crippen molar-refractivity contribution < 1.29 is 9.53 Å². The molecule has 1 saturated heterocycles. The molecule has 0 saturated carbocycles. The van der Waals surface area contributed by atoms with Gasteiger partial charge in [-0.25, -0.2) is 0 Å². The van der Waals surface area contributed by atoms with Crippen LogP contribution in [-0.4, -0.2) is 25.6 Å². The molecule has 0 radical (unpaired) electrons. The molecule has 4 nitrogen and oxygen atoms in total. The topological polar surface area (TPSA) is 50.4 Å². The van der Waals surface area contributed by atoms with Crippen molar-refractivity contribution in [2.75, 3.05) is 13.7 Å². The molecule has 2 N–H and O–H groups in total. The molecule has 1 fully saturated rings. The summed E-state index contributed by atoms with van der Waals surface area (Å²) in [6.45, 7) is 3.01. The van der Waals surface area contributed by atoms with Gasteiger partial charge in [-0.15, -0.1) is 0 Å². The molecule has 5 heteroatoms. The summed E-state index contributed by atoms with van der Waals surface area (Å²) in [7, 11) is 1.65. The van der Waals surface area contributed by atoms with Crippen molar-refractivity contribution in [3.8, 4) is 5.75 Å². The average molecular weight is 373 g/mol. The van der Waals surface area contributed by atoms with Crippen molar-refractivity contribution in [3.63, 3.8) is 0 Å². The first kappa shape index (κ1) is 18.7. The highest BCUT2D eigenvalue weighted by molar-refractivity contribution is 6.31. The Hall–Kier alpha value is -2.04. The van der Waals surface area contributed by atoms with Crippen LogP contribution < -0.4 is 15.4 Å². The number of ether oxygens (including phenoxy) is 1. The molecule has 1 heterocycles. The molecule has 2 atom stereocenters. The molecule has 1 amide bonds. The molecule has 0 spiro atoms. The minimum Gasteiger partial charge on any atom is -0.497 e. The molecule has 138 valence electrons. The van der Waals surface area contributed by atoms with Gasteiger partial charge >= 0.3 is 0 Å². The summed E-state index contributed by atoms with van der Waals surface area (Å²) in [5.41, 5.74) is 2.97. The van der Waals surface area contributed by atoms with Gasteiger partial charge in [0, 0.05) is 17.5 Å². The molecule has 0 aliphatic carbocycles. The summed E-state index contributed by atoms with van der Waals surface area (Å²) in [6, 6.07) is 13.5. The first-order chi connectivity index (χ1) is 12.6. The van der Waals surface area contributed by atoms with Crippen molar-refractivity contribution >= 4 is 17.5 Å². The average Bonchev–Trinajstić information content (AvgIpc) is 3.13. The van der Waals surface area contributed by atoms with Crippen molar-refractivity contribution in [3.05, 3.63) is 64.2 Å². The highest BCUT2D eigenvalue weighted by Gasteiger charge is 2.24. The van der Waals surface area contributed by atoms with E-state index < -0.39 is 0 Å². The van der Waals surface area contributed by atoms with Crippen LogP contribution in [-0.2, 0) is 4.79 Å². The highest BCUT2D eigenvalue weighted by atomic mass is 35.5. The molecule has 2 unspecified atom stereocenters. The van der Waals surface area contributed by atoms with Gasteiger partial charge in [-0.05, 0) is 61.2 Å². The molecule has 0 aromatic heterocycles. The number of nitrogens with one attached hydrogen (secondary N) is 2. The van der Waals surface area contributed by atoms with Crippen LogP contribution in [0, 0.1) is 6.92 Å². The Balaban J connectivity index is 1.89. The number of hydrogen-bond acceptors (Lipinski definition) is 3. The number of hydrogen-bond donors (Lipinski definition) is 2. The molecular weight excluding hydrogens is 348 g/mol. The normalized spacial score (nSPS) is 17.7. The van der Waals surface area contributed by atoms with E-state index in [-0.39, 0.29) is 18.0 Å². The fourth-order valence-corrected chi connectivity index (χ4v) is 3.75. The summed E-state index contributed by atoms with van der Waals surface area (Å²) in [4.78, 5) is 12.7. The lowest BCUT2D eigenvalue weighted by atomic mass is 9.94. The van der Waals surface area contributed by atoms with Crippen LogP contribution in [0.15, 0.2) is 42.5 Å². The number of aryl methyl sites for hydroxylation is 1. The largest absolute Gasteiger partial charge is 0.497 e. The van der Waals surface area contributed by atoms with Crippen LogP contribution in [0.3, 0.4) is 0 Å². The van der Waals surface area contributed by atoms with Crippen LogP contribution in [0.25, 0.3) is 0 Å². The lowest BCUT2D eigenvalue weighted by Crippen LogP contribution is -2.35. The van der Waals surface area contributed by atoms with E-state index in [1.54, 1.807) is 7.11 Å². The predicted octanol–water partition coefficient (Wildman–Crippen LogP) is 4.00. The van der Waals surface area contributed by atoms with Crippen LogP contribution in [0.1, 0.15) is 42.0 Å². The zero-order chi connectivity index (χ0) is 18.5. The molecule has 3 rings (SSSR count). The number of amides is 1. The summed E-state index contributed by atoms with van der Waals surface area (Å²) >= 11 is 6.45. The van der Waals surface area contributed by atoms with E-state index in [0.29, 0.717) is 11.4 Å². The molecular formula is C21H25ClN2O2. The Morgan fingerprint density at radius 1 is 1.31 bits per heavy atom. The molecule has 26 heavy (non-hydrogen) atoms. The minimum atomic E-state index is -0.288. The quantitative estimate of drug-likeness (QED) is 0.805. The summed E-state index contributed by atoms with van der Waals surface area (Å²) < 4.78 is 5.31. The van der Waals surface area contributed by atoms with Crippen molar-refractivity contribution in [2.24, 2.45) is 0 Å². The third-order valence-electron chi connectivity index (χ3n) is 4.90. The Morgan fingerprint density at radius 3 is 2.77 bits per heavy atom. The van der Waals surface area contributed by atoms with Gasteiger partial charge in [0.1, 0.15) is 5.75 Å². The van der Waals surface area contributed by atoms with Gasteiger partial charge in [-0.2, -0.15) is 0 Å². The second-order valence-electron chi connectivity index (χ2n) is 6.74. The minimum absolute atomic E-state index is 0.0320. The summed E-state index contributed by atoms with van der Waals surface area (Å²) in [6.07, 6.45) is 2.66. The van der Waals surface area contributed by atoms with Gasteiger partial charge in [-0.3, -0.25) is 4.79 Å². The van der Waals surface area contributed by atoms with Crippen molar-refractivity contribution in [2.45, 2.75) is 38.3 Å². The lowest BCUT2D eigenvalue weighted by molar-refractivity contribution is -0.122. The van der Waals surface area contributed by atoms with Gasteiger partial charge in [0.15, 0.2) is 0 Å². The number of carbonyl (C=O) groups is 1. The van der Waals surface area contributed by atoms with Crippen LogP contribution >= 0.6 is 11.6 Å². The zero-order valence-corrected chi connectivity index (χ0v) is 16.0. The third-order valence-corrected chi connectivity index (χ3v) is 5.25. The maximum Gasteiger partial charge on any atom is 0.222 e. The first-order valence-corrected chi connectivity index (χ1v) is 9.38. The van der Waals surface area contributed by atoms with E-state index in [0.717, 1.165) is 41.8 Å². The van der Waals surface area contributed by atoms with Crippen LogP contribution in [0.2, 0.25) is 5.02 Å². The van der Waals surface area contributed by atoms with Gasteiger partial charge in [0.05, 0.1) is 13.2 Å². The van der Waals surface area contributed by atoms with Crippen LogP contribution in [0.4, 0.5) is 0 Å². The zero-order valence-electron chi connectivity index (χ0n) is 15.2. The Labute approximate surface area is 159 Å². The SMILES string of the molecule is COc1ccc(C(NC(=O)CC2CCCN2)c2ccccc2Cl)c(C)c1. The molecule has 1 aliphatic rings. The van der Waals surface area contributed by atoms with E-state index in [4.69, 9.17) is 16.3 Å². The highest BCUT2D eigenvalue weighted by Crippen LogP contribution is 2.32. The third kappa shape index (κ3) is 4.37. The van der Waals surface area contributed by atoms with E-state index in [2.05, 4.69) is 10.6 Å². The first-order valence-electron chi connectivity index (χ1n) is 9.00. The number of carbonyl (C=O) groups excluding carboxylic acids is 1. The summed E-state index contributed by atoms with van der Waals surface area (Å²) in [5.74, 6) is 0.829. The van der Waals surface area contributed by atoms with Crippen molar-refractivity contribution in [1.82, 2.24) is 10.6 Å². The fraction of sp³-hybridized carbons (Fsp3) is 0.381. The Kier molecular flexibility index (Phi) is 6.17. The smallest absolute Gasteiger partial charge is 0.222 e. The standard InChI is InChI=1S/C21H25ClN2O2/c1-14-12-16(26-2)9-10-17(14)21(18-7-3-4-8-19(18)22)24-20(25)13-15-6-5-11-23-15/h3-4,7-10,12,15,21,23H,5-6,11,13H2,1-2H3,(H,24,25). The second kappa shape index (κ2) is 8.56. The predicted molar refractivity (Wildman–Crippen MR) is 105 cm³/mol. The number of halogens is 1. The Morgan fingerprint density at radius 2 is 2.12 bits per heavy atom. The van der Waals surface area contributed by atoms with E-state index in [1.165, 1.54) is 0 Å². The van der Waals surface area contributed by atoms with E-state index in [1.807, 2.05) is 49.4 Å². The van der Waals surface area contributed by atoms with Gasteiger partial charge in [0.25, 0.3) is 0 Å². The molecule has 0 bridgehead atoms. The second-order valence-corrected chi connectivity index (χ2v) is 7.15. The maximum absolute atomic E-state index is 12.7. The number of methoxy groups -OCH3 is 1. The molecule has 2 aromatic rings. The lowest BCUT2D eigenvalue weighted by Gasteiger charge is -2.24. The molecule has 1 aliphatic heterocycles. The summed E-state index contributed by atoms with van der Waals surface area (Å²) in [5, 5.41) is 7.21. The Bertz CT molecular complexity index is 772. The van der Waals surface area contributed by atoms with Gasteiger partial charge < -0.3 is 15.4 Å².